The molecular weight excluding hydrogens is 378 g/mol. The average Bonchev–Trinajstić information content (AvgIpc) is 3.09. The van der Waals surface area contributed by atoms with Crippen LogP contribution in [0.15, 0.2) is 12.1 Å². The van der Waals surface area contributed by atoms with Crippen LogP contribution in [0.1, 0.15) is 45.1 Å². The highest BCUT2D eigenvalue weighted by atomic mass is 35.5. The van der Waals surface area contributed by atoms with E-state index in [2.05, 4.69) is 0 Å². The molecule has 1 saturated heterocycles. The minimum absolute atomic E-state index is 0.0630. The van der Waals surface area contributed by atoms with E-state index < -0.39 is 15.1 Å². The topological polar surface area (TPSA) is 72.9 Å². The largest absolute Gasteiger partial charge is 0.454 e. The number of rotatable bonds is 5. The number of halogens is 1. The first-order chi connectivity index (χ1) is 12.3. The molecule has 0 saturated carbocycles. The molecule has 2 atom stereocenters. The monoisotopic (exact) mass is 401 g/mol. The van der Waals surface area contributed by atoms with Gasteiger partial charge in [0.05, 0.1) is 10.8 Å². The zero-order valence-corrected chi connectivity index (χ0v) is 16.6. The van der Waals surface area contributed by atoms with Crippen LogP contribution in [-0.4, -0.2) is 43.9 Å². The SMILES string of the molecule is CC[C@@H]1CCCCN1C(=O)[C@@H](C)S(=O)(=O)Cc1cc(Cl)c2c(c1)OCO2. The van der Waals surface area contributed by atoms with E-state index in [0.717, 1.165) is 25.7 Å². The molecule has 1 fully saturated rings. The van der Waals surface area contributed by atoms with E-state index in [4.69, 9.17) is 21.1 Å². The second-order valence-electron chi connectivity index (χ2n) is 6.85. The van der Waals surface area contributed by atoms with Gasteiger partial charge in [-0.25, -0.2) is 8.42 Å². The smallest absolute Gasteiger partial charge is 0.240 e. The molecule has 1 amide bonds. The summed E-state index contributed by atoms with van der Waals surface area (Å²) in [5.41, 5.74) is 0.490. The highest BCUT2D eigenvalue weighted by molar-refractivity contribution is 7.92. The van der Waals surface area contributed by atoms with E-state index in [9.17, 15) is 13.2 Å². The molecule has 0 aliphatic carbocycles. The molecule has 8 heteroatoms. The number of amides is 1. The number of likely N-dealkylation sites (tertiary alicyclic amines) is 1. The molecule has 0 spiro atoms. The molecule has 3 rings (SSSR count). The van der Waals surface area contributed by atoms with E-state index >= 15 is 0 Å². The first-order valence-corrected chi connectivity index (χ1v) is 11.0. The Balaban J connectivity index is 1.77. The number of piperidine rings is 1. The van der Waals surface area contributed by atoms with Gasteiger partial charge in [-0.15, -0.1) is 0 Å². The van der Waals surface area contributed by atoms with Crippen molar-refractivity contribution in [3.8, 4) is 11.5 Å². The van der Waals surface area contributed by atoms with Crippen LogP contribution in [0.25, 0.3) is 0 Å². The van der Waals surface area contributed by atoms with Crippen LogP contribution in [0.5, 0.6) is 11.5 Å². The number of carbonyl (C=O) groups is 1. The van der Waals surface area contributed by atoms with Crippen LogP contribution >= 0.6 is 11.6 Å². The summed E-state index contributed by atoms with van der Waals surface area (Å²) in [5, 5.41) is -0.773. The Morgan fingerprint density at radius 2 is 2.12 bits per heavy atom. The Bertz CT molecular complexity index is 795. The molecule has 0 bridgehead atoms. The lowest BCUT2D eigenvalue weighted by Gasteiger charge is -2.36. The number of fused-ring (bicyclic) bond motifs is 1. The lowest BCUT2D eigenvalue weighted by atomic mass is 10.00. The molecule has 0 radical (unpaired) electrons. The summed E-state index contributed by atoms with van der Waals surface area (Å²) in [5.74, 6) is 0.296. The Morgan fingerprint density at radius 1 is 1.35 bits per heavy atom. The summed E-state index contributed by atoms with van der Waals surface area (Å²) < 4.78 is 36.2. The molecule has 1 aromatic carbocycles. The quantitative estimate of drug-likeness (QED) is 0.757. The molecule has 6 nitrogen and oxygen atoms in total. The third kappa shape index (κ3) is 3.78. The third-order valence-corrected chi connectivity index (χ3v) is 7.42. The summed E-state index contributed by atoms with van der Waals surface area (Å²) >= 11 is 6.13. The van der Waals surface area contributed by atoms with E-state index in [-0.39, 0.29) is 24.5 Å². The van der Waals surface area contributed by atoms with Gasteiger partial charge >= 0.3 is 0 Å². The van der Waals surface area contributed by atoms with Gasteiger partial charge in [0.15, 0.2) is 21.3 Å². The van der Waals surface area contributed by atoms with Crippen LogP contribution in [0.4, 0.5) is 0 Å². The third-order valence-electron chi connectivity index (χ3n) is 5.12. The number of benzene rings is 1. The number of sulfone groups is 1. The molecular formula is C18H24ClNO5S. The lowest BCUT2D eigenvalue weighted by Crippen LogP contribution is -2.49. The molecule has 0 aromatic heterocycles. The summed E-state index contributed by atoms with van der Waals surface area (Å²) in [6.07, 6.45) is 3.79. The van der Waals surface area contributed by atoms with Crippen molar-refractivity contribution in [2.45, 2.75) is 56.6 Å². The number of carbonyl (C=O) groups excluding carboxylic acids is 1. The van der Waals surface area contributed by atoms with Crippen LogP contribution in [0.3, 0.4) is 0 Å². The standard InChI is InChI=1S/C18H24ClNO5S/c1-3-14-6-4-5-7-20(14)18(21)12(2)26(22,23)10-13-8-15(19)17-16(9-13)24-11-25-17/h8-9,12,14H,3-7,10-11H2,1-2H3/t12-,14-/m1/s1. The van der Waals surface area contributed by atoms with Crippen molar-refractivity contribution in [1.82, 2.24) is 4.90 Å². The van der Waals surface area contributed by atoms with Gasteiger partial charge in [-0.2, -0.15) is 0 Å². The van der Waals surface area contributed by atoms with E-state index in [1.807, 2.05) is 6.92 Å². The highest BCUT2D eigenvalue weighted by Crippen LogP contribution is 2.40. The van der Waals surface area contributed by atoms with Crippen LogP contribution in [0.2, 0.25) is 5.02 Å². The van der Waals surface area contributed by atoms with E-state index in [1.54, 1.807) is 17.0 Å². The predicted octanol–water partition coefficient (Wildman–Crippen LogP) is 3.16. The molecule has 2 aliphatic heterocycles. The number of nitrogens with zero attached hydrogens (tertiary/aromatic N) is 1. The second kappa shape index (κ2) is 7.64. The highest BCUT2D eigenvalue weighted by Gasteiger charge is 2.35. The van der Waals surface area contributed by atoms with Gasteiger partial charge in [-0.1, -0.05) is 18.5 Å². The average molecular weight is 402 g/mol. The van der Waals surface area contributed by atoms with Gasteiger partial charge in [0.25, 0.3) is 0 Å². The Kier molecular flexibility index (Phi) is 5.67. The van der Waals surface area contributed by atoms with Gasteiger partial charge in [0.1, 0.15) is 5.25 Å². The van der Waals surface area contributed by atoms with Crippen molar-refractivity contribution in [1.29, 1.82) is 0 Å². The van der Waals surface area contributed by atoms with Crippen molar-refractivity contribution in [3.05, 3.63) is 22.7 Å². The van der Waals surface area contributed by atoms with Gasteiger partial charge < -0.3 is 14.4 Å². The Labute approximate surface area is 159 Å². The lowest BCUT2D eigenvalue weighted by molar-refractivity contribution is -0.134. The van der Waals surface area contributed by atoms with Crippen molar-refractivity contribution < 1.29 is 22.7 Å². The predicted molar refractivity (Wildman–Crippen MR) is 99.3 cm³/mol. The van der Waals surface area contributed by atoms with Gasteiger partial charge in [0, 0.05) is 12.6 Å². The van der Waals surface area contributed by atoms with Crippen LogP contribution in [-0.2, 0) is 20.4 Å². The molecule has 1 aromatic rings. The maximum atomic E-state index is 12.8. The second-order valence-corrected chi connectivity index (χ2v) is 9.58. The van der Waals surface area contributed by atoms with Gasteiger partial charge in [-0.3, -0.25) is 4.79 Å². The van der Waals surface area contributed by atoms with Crippen molar-refractivity contribution in [3.63, 3.8) is 0 Å². The number of ether oxygens (including phenoxy) is 2. The van der Waals surface area contributed by atoms with E-state index in [0.29, 0.717) is 28.6 Å². The summed E-state index contributed by atoms with van der Waals surface area (Å²) in [6, 6.07) is 3.30. The maximum Gasteiger partial charge on any atom is 0.240 e. The van der Waals surface area contributed by atoms with Gasteiger partial charge in [0.2, 0.25) is 12.7 Å². The Morgan fingerprint density at radius 3 is 2.85 bits per heavy atom. The molecule has 2 aliphatic rings. The van der Waals surface area contributed by atoms with Crippen molar-refractivity contribution in [2.24, 2.45) is 0 Å². The van der Waals surface area contributed by atoms with Crippen molar-refractivity contribution in [2.75, 3.05) is 13.3 Å². The molecule has 26 heavy (non-hydrogen) atoms. The zero-order valence-electron chi connectivity index (χ0n) is 15.0. The fourth-order valence-corrected chi connectivity index (χ4v) is 5.18. The van der Waals surface area contributed by atoms with Crippen LogP contribution in [0, 0.1) is 0 Å². The normalized spacial score (nSPS) is 20.9. The first-order valence-electron chi connectivity index (χ1n) is 8.93. The minimum atomic E-state index is -3.67. The molecule has 0 unspecified atom stereocenters. The first kappa shape index (κ1) is 19.3. The number of hydrogen-bond acceptors (Lipinski definition) is 5. The summed E-state index contributed by atoms with van der Waals surface area (Å²) in [7, 11) is -3.67. The minimum Gasteiger partial charge on any atom is -0.454 e. The fourth-order valence-electron chi connectivity index (χ4n) is 3.56. The molecule has 144 valence electrons. The zero-order chi connectivity index (χ0) is 18.9. The van der Waals surface area contributed by atoms with Crippen LogP contribution < -0.4 is 9.47 Å². The van der Waals surface area contributed by atoms with Gasteiger partial charge in [-0.05, 0) is 50.3 Å². The summed E-state index contributed by atoms with van der Waals surface area (Å²) in [4.78, 5) is 14.6. The molecule has 0 N–H and O–H groups in total. The Hall–Kier alpha value is -1.47. The number of hydrogen-bond donors (Lipinski definition) is 0. The summed E-state index contributed by atoms with van der Waals surface area (Å²) in [6.45, 7) is 4.21. The molecule has 2 heterocycles. The fraction of sp³-hybridized carbons (Fsp3) is 0.611. The van der Waals surface area contributed by atoms with Crippen molar-refractivity contribution >= 4 is 27.3 Å². The maximum absolute atomic E-state index is 12.8. The van der Waals surface area contributed by atoms with E-state index in [1.165, 1.54) is 6.92 Å².